The fourth-order valence-corrected chi connectivity index (χ4v) is 2.82. The van der Waals surface area contributed by atoms with Crippen molar-refractivity contribution in [2.75, 3.05) is 27.2 Å². The van der Waals surface area contributed by atoms with E-state index >= 15 is 0 Å². The summed E-state index contributed by atoms with van der Waals surface area (Å²) in [5.41, 5.74) is 1.88. The van der Waals surface area contributed by atoms with Gasteiger partial charge in [-0.1, -0.05) is 0 Å². The molecular formula is C15H23N3O2. The molecule has 1 fully saturated rings. The summed E-state index contributed by atoms with van der Waals surface area (Å²) < 4.78 is 2.00. The standard InChI is InChI=1S/C15H23N3O2/c1-11(19)13-6-14(17(3)9-13)10-16(2)7-12-5-15(20)18(4)8-12/h6,9,12H,5,7-8,10H2,1-4H3/t12-/m0/s1. The van der Waals surface area contributed by atoms with Crippen molar-refractivity contribution in [1.29, 1.82) is 0 Å². The molecular weight excluding hydrogens is 254 g/mol. The first-order valence-electron chi connectivity index (χ1n) is 6.95. The van der Waals surface area contributed by atoms with E-state index in [1.54, 1.807) is 11.8 Å². The van der Waals surface area contributed by atoms with Crippen LogP contribution >= 0.6 is 0 Å². The minimum Gasteiger partial charge on any atom is -0.353 e. The average Bonchev–Trinajstić information content (AvgIpc) is 2.84. The van der Waals surface area contributed by atoms with Crippen LogP contribution in [0.1, 0.15) is 29.4 Å². The fraction of sp³-hybridized carbons (Fsp3) is 0.600. The summed E-state index contributed by atoms with van der Waals surface area (Å²) in [6.45, 7) is 4.12. The zero-order valence-corrected chi connectivity index (χ0v) is 12.7. The molecule has 1 aliphatic rings. The van der Waals surface area contributed by atoms with Gasteiger partial charge in [0.2, 0.25) is 5.91 Å². The van der Waals surface area contributed by atoms with Gasteiger partial charge in [-0.2, -0.15) is 0 Å². The van der Waals surface area contributed by atoms with E-state index in [0.29, 0.717) is 12.3 Å². The van der Waals surface area contributed by atoms with E-state index in [1.165, 1.54) is 0 Å². The van der Waals surface area contributed by atoms with Crippen LogP contribution in [0.25, 0.3) is 0 Å². The molecule has 0 aromatic carbocycles. The highest BCUT2D eigenvalue weighted by atomic mass is 16.2. The molecule has 1 aromatic heterocycles. The number of carbonyl (C=O) groups is 2. The number of rotatable bonds is 5. The van der Waals surface area contributed by atoms with E-state index < -0.39 is 0 Å². The molecule has 5 heteroatoms. The zero-order chi connectivity index (χ0) is 14.9. The summed E-state index contributed by atoms with van der Waals surface area (Å²) in [5.74, 6) is 0.740. The molecule has 1 aromatic rings. The van der Waals surface area contributed by atoms with Crippen molar-refractivity contribution in [3.8, 4) is 0 Å². The second-order valence-corrected chi connectivity index (χ2v) is 5.93. The molecule has 0 aliphatic carbocycles. The van der Waals surface area contributed by atoms with Crippen LogP contribution in [0.5, 0.6) is 0 Å². The molecule has 1 atom stereocenters. The van der Waals surface area contributed by atoms with E-state index in [-0.39, 0.29) is 11.7 Å². The van der Waals surface area contributed by atoms with Gasteiger partial charge in [0.1, 0.15) is 0 Å². The van der Waals surface area contributed by atoms with Crippen molar-refractivity contribution in [1.82, 2.24) is 14.4 Å². The summed E-state index contributed by atoms with van der Waals surface area (Å²) in [7, 11) is 5.88. The highest BCUT2D eigenvalue weighted by Gasteiger charge is 2.27. The molecule has 110 valence electrons. The molecule has 0 N–H and O–H groups in total. The number of Topliss-reactive ketones (excluding diaryl/α,β-unsaturated/α-hetero) is 1. The lowest BCUT2D eigenvalue weighted by atomic mass is 10.1. The molecule has 0 radical (unpaired) electrons. The first-order valence-corrected chi connectivity index (χ1v) is 6.95. The summed E-state index contributed by atoms with van der Waals surface area (Å²) >= 11 is 0. The zero-order valence-electron chi connectivity index (χ0n) is 12.7. The number of likely N-dealkylation sites (tertiary alicyclic amines) is 1. The highest BCUT2D eigenvalue weighted by molar-refractivity contribution is 5.94. The quantitative estimate of drug-likeness (QED) is 0.758. The number of aryl methyl sites for hydroxylation is 1. The number of carbonyl (C=O) groups excluding carboxylic acids is 2. The SMILES string of the molecule is CC(=O)c1cc(CN(C)C[C@@H]2CC(=O)N(C)C2)n(C)c1. The van der Waals surface area contributed by atoms with Crippen LogP contribution in [0.15, 0.2) is 12.3 Å². The van der Waals surface area contributed by atoms with Crippen LogP contribution in [0.4, 0.5) is 0 Å². The third kappa shape index (κ3) is 3.28. The van der Waals surface area contributed by atoms with E-state index in [2.05, 4.69) is 11.9 Å². The predicted octanol–water partition coefficient (Wildman–Crippen LogP) is 1.14. The van der Waals surface area contributed by atoms with Gasteiger partial charge < -0.3 is 14.4 Å². The molecule has 1 aliphatic heterocycles. The Morgan fingerprint density at radius 3 is 2.65 bits per heavy atom. The molecule has 2 heterocycles. The molecule has 0 bridgehead atoms. The maximum atomic E-state index is 11.5. The average molecular weight is 277 g/mol. The molecule has 0 unspecified atom stereocenters. The third-order valence-electron chi connectivity index (χ3n) is 3.94. The number of hydrogen-bond acceptors (Lipinski definition) is 3. The van der Waals surface area contributed by atoms with Crippen molar-refractivity contribution in [3.63, 3.8) is 0 Å². The Balaban J connectivity index is 1.93. The Hall–Kier alpha value is -1.62. The van der Waals surface area contributed by atoms with Crippen molar-refractivity contribution < 1.29 is 9.59 Å². The van der Waals surface area contributed by atoms with E-state index in [0.717, 1.165) is 30.9 Å². The third-order valence-corrected chi connectivity index (χ3v) is 3.94. The molecule has 1 saturated heterocycles. The molecule has 0 spiro atoms. The van der Waals surface area contributed by atoms with Crippen LogP contribution in [-0.2, 0) is 18.4 Å². The van der Waals surface area contributed by atoms with Crippen molar-refractivity contribution in [3.05, 3.63) is 23.5 Å². The van der Waals surface area contributed by atoms with Crippen molar-refractivity contribution in [2.24, 2.45) is 13.0 Å². The van der Waals surface area contributed by atoms with Gasteiger partial charge in [0.05, 0.1) is 0 Å². The van der Waals surface area contributed by atoms with Gasteiger partial charge in [0.25, 0.3) is 0 Å². The Morgan fingerprint density at radius 2 is 2.15 bits per heavy atom. The minimum absolute atomic E-state index is 0.0949. The van der Waals surface area contributed by atoms with Gasteiger partial charge in [-0.3, -0.25) is 9.59 Å². The number of aromatic nitrogens is 1. The second kappa shape index (κ2) is 5.79. The molecule has 1 amide bonds. The predicted molar refractivity (Wildman–Crippen MR) is 77.5 cm³/mol. The Kier molecular flexibility index (Phi) is 4.28. The van der Waals surface area contributed by atoms with Gasteiger partial charge in [0, 0.05) is 57.6 Å². The summed E-state index contributed by atoms with van der Waals surface area (Å²) in [5, 5.41) is 0. The highest BCUT2D eigenvalue weighted by Crippen LogP contribution is 2.18. The van der Waals surface area contributed by atoms with Crippen LogP contribution in [-0.4, -0.2) is 53.2 Å². The first kappa shape index (κ1) is 14.8. The summed E-state index contributed by atoms with van der Waals surface area (Å²) in [6.07, 6.45) is 2.52. The topological polar surface area (TPSA) is 45.6 Å². The normalized spacial score (nSPS) is 19.1. The summed E-state index contributed by atoms with van der Waals surface area (Å²) in [4.78, 5) is 26.9. The maximum Gasteiger partial charge on any atom is 0.222 e. The molecule has 20 heavy (non-hydrogen) atoms. The lowest BCUT2D eigenvalue weighted by Gasteiger charge is -2.20. The smallest absolute Gasteiger partial charge is 0.222 e. The van der Waals surface area contributed by atoms with Gasteiger partial charge in [-0.15, -0.1) is 0 Å². The minimum atomic E-state index is 0.0949. The van der Waals surface area contributed by atoms with Crippen LogP contribution in [0.2, 0.25) is 0 Å². The van der Waals surface area contributed by atoms with Gasteiger partial charge >= 0.3 is 0 Å². The second-order valence-electron chi connectivity index (χ2n) is 5.93. The van der Waals surface area contributed by atoms with Crippen molar-refractivity contribution >= 4 is 11.7 Å². The van der Waals surface area contributed by atoms with Crippen LogP contribution in [0, 0.1) is 5.92 Å². The van der Waals surface area contributed by atoms with E-state index in [4.69, 9.17) is 0 Å². The Bertz CT molecular complexity index is 521. The van der Waals surface area contributed by atoms with Crippen LogP contribution in [0.3, 0.4) is 0 Å². The number of nitrogens with zero attached hydrogens (tertiary/aromatic N) is 3. The fourth-order valence-electron chi connectivity index (χ4n) is 2.82. The van der Waals surface area contributed by atoms with Gasteiger partial charge in [-0.25, -0.2) is 0 Å². The van der Waals surface area contributed by atoms with Gasteiger partial charge in [0.15, 0.2) is 5.78 Å². The number of amides is 1. The van der Waals surface area contributed by atoms with E-state index in [1.807, 2.05) is 30.9 Å². The molecule has 5 nitrogen and oxygen atoms in total. The Labute approximate surface area is 120 Å². The lowest BCUT2D eigenvalue weighted by Crippen LogP contribution is -2.27. The van der Waals surface area contributed by atoms with Crippen molar-refractivity contribution in [2.45, 2.75) is 19.9 Å². The largest absolute Gasteiger partial charge is 0.353 e. The first-order chi connectivity index (χ1) is 9.36. The Morgan fingerprint density at radius 1 is 1.45 bits per heavy atom. The number of hydrogen-bond donors (Lipinski definition) is 0. The van der Waals surface area contributed by atoms with E-state index in [9.17, 15) is 9.59 Å². The number of ketones is 1. The maximum absolute atomic E-state index is 11.5. The monoisotopic (exact) mass is 277 g/mol. The molecule has 0 saturated carbocycles. The summed E-state index contributed by atoms with van der Waals surface area (Å²) in [6, 6.07) is 1.95. The lowest BCUT2D eigenvalue weighted by molar-refractivity contribution is -0.126. The van der Waals surface area contributed by atoms with Gasteiger partial charge in [-0.05, 0) is 26.0 Å². The van der Waals surface area contributed by atoms with Crippen LogP contribution < -0.4 is 0 Å². The molecule has 2 rings (SSSR count).